The van der Waals surface area contributed by atoms with Crippen LogP contribution in [-0.4, -0.2) is 50.4 Å². The van der Waals surface area contributed by atoms with Gasteiger partial charge in [0.25, 0.3) is 5.91 Å². The molecule has 1 aromatic rings. The Hall–Kier alpha value is -3.43. The number of halogens is 1. The molecule has 0 saturated heterocycles. The lowest BCUT2D eigenvalue weighted by Crippen LogP contribution is -2.30. The lowest BCUT2D eigenvalue weighted by Gasteiger charge is -2.23. The van der Waals surface area contributed by atoms with Gasteiger partial charge >= 0.3 is 0 Å². The van der Waals surface area contributed by atoms with Crippen molar-refractivity contribution in [3.8, 4) is 5.75 Å². The number of nitrogens with zero attached hydrogens (tertiary/aromatic N) is 2. The van der Waals surface area contributed by atoms with Crippen molar-refractivity contribution in [2.75, 3.05) is 25.6 Å². The number of anilines is 1. The van der Waals surface area contributed by atoms with Gasteiger partial charge in [-0.25, -0.2) is 9.98 Å². The molecule has 9 nitrogen and oxygen atoms in total. The molecule has 0 fully saturated rings. The average molecular weight is 470 g/mol. The van der Waals surface area contributed by atoms with Crippen molar-refractivity contribution in [3.05, 3.63) is 58.4 Å². The molecule has 3 N–H and O–H groups in total. The first-order valence-electron chi connectivity index (χ1n) is 10.6. The van der Waals surface area contributed by atoms with Gasteiger partial charge in [-0.2, -0.15) is 0 Å². The maximum atomic E-state index is 12.1. The van der Waals surface area contributed by atoms with Crippen molar-refractivity contribution < 1.29 is 19.1 Å². The molecule has 0 aromatic heterocycles. The third-order valence-electron chi connectivity index (χ3n) is 5.27. The summed E-state index contributed by atoms with van der Waals surface area (Å²) in [4.78, 5) is 33.4. The molecule has 2 aliphatic heterocycles. The number of amidine groups is 1. The van der Waals surface area contributed by atoms with E-state index in [1.807, 2.05) is 12.1 Å². The number of amides is 2. The number of rotatable bonds is 1. The maximum absolute atomic E-state index is 12.1. The van der Waals surface area contributed by atoms with Gasteiger partial charge in [0, 0.05) is 42.4 Å². The number of hydrogen-bond donors (Lipinski definition) is 3. The highest BCUT2D eigenvalue weighted by Crippen LogP contribution is 2.33. The zero-order chi connectivity index (χ0) is 23.2. The van der Waals surface area contributed by atoms with Gasteiger partial charge in [0.05, 0.1) is 17.7 Å². The van der Waals surface area contributed by atoms with E-state index in [0.717, 1.165) is 5.69 Å². The van der Waals surface area contributed by atoms with Gasteiger partial charge in [-0.1, -0.05) is 17.7 Å². The molecular weight excluding hydrogens is 446 g/mol. The number of allylic oxidation sites excluding steroid dienone is 3. The van der Waals surface area contributed by atoms with Crippen molar-refractivity contribution in [3.63, 3.8) is 0 Å². The quantitative estimate of drug-likeness (QED) is 0.585. The van der Waals surface area contributed by atoms with Crippen LogP contribution in [0.15, 0.2) is 62.8 Å². The van der Waals surface area contributed by atoms with E-state index in [9.17, 15) is 9.59 Å². The molecule has 1 unspecified atom stereocenters. The molecule has 2 amide bonds. The highest BCUT2D eigenvalue weighted by Gasteiger charge is 2.25. The Labute approximate surface area is 196 Å². The standard InChI is InChI=1S/C23H24ClN5O4/c1-32-19-7-5-17(24)15-8-10-26-20(30)3-2-9-25-21(31)12-33-14-4-6-18-16(11-14)23(28-13-27-18)29-22(15)19/h4-6,8,10-11,13,19H,2-3,7,9,12H2,1H3,(H,25,31)(H,26,30)(H,27,28,29)/b10-8+. The number of ether oxygens (including phenoxy) is 2. The lowest BCUT2D eigenvalue weighted by molar-refractivity contribution is -0.123. The van der Waals surface area contributed by atoms with Gasteiger partial charge in [-0.15, -0.1) is 0 Å². The van der Waals surface area contributed by atoms with Gasteiger partial charge in [0.1, 0.15) is 11.9 Å². The second-order valence-corrected chi connectivity index (χ2v) is 7.91. The Morgan fingerprint density at radius 2 is 2.09 bits per heavy atom. The molecule has 2 bridgehead atoms. The zero-order valence-electron chi connectivity index (χ0n) is 18.1. The molecule has 4 rings (SSSR count). The van der Waals surface area contributed by atoms with Crippen LogP contribution in [0.1, 0.15) is 24.8 Å². The highest BCUT2D eigenvalue weighted by atomic mass is 35.5. The third kappa shape index (κ3) is 5.50. The van der Waals surface area contributed by atoms with Crippen molar-refractivity contribution in [1.82, 2.24) is 10.6 Å². The molecule has 1 aliphatic carbocycles. The number of carbonyl (C=O) groups is 2. The Balaban J connectivity index is 1.79. The molecule has 0 radical (unpaired) electrons. The van der Waals surface area contributed by atoms with E-state index >= 15 is 0 Å². The summed E-state index contributed by atoms with van der Waals surface area (Å²) in [6.07, 6.45) is 7.64. The van der Waals surface area contributed by atoms with Gasteiger partial charge in [-0.05, 0) is 37.1 Å². The SMILES string of the molecule is COC1CC=C(Cl)C2=C1/N=C1\N=CNc3ccc(cc31)OCC(=O)NCCCC(=O)N/C=C/2. The predicted molar refractivity (Wildman–Crippen MR) is 126 cm³/mol. The number of hydrogen-bond acceptors (Lipinski definition) is 7. The lowest BCUT2D eigenvalue weighted by atomic mass is 10.00. The van der Waals surface area contributed by atoms with Crippen LogP contribution in [0.5, 0.6) is 5.75 Å². The van der Waals surface area contributed by atoms with E-state index in [1.54, 1.807) is 37.9 Å². The van der Waals surface area contributed by atoms with Gasteiger partial charge < -0.3 is 25.4 Å². The Morgan fingerprint density at radius 3 is 2.94 bits per heavy atom. The van der Waals surface area contributed by atoms with Crippen LogP contribution < -0.4 is 20.7 Å². The molecule has 1 aromatic carbocycles. The minimum absolute atomic E-state index is 0.141. The molecule has 0 saturated carbocycles. The van der Waals surface area contributed by atoms with E-state index < -0.39 is 0 Å². The average Bonchev–Trinajstić information content (AvgIpc) is 2.82. The largest absolute Gasteiger partial charge is 0.484 e. The minimum Gasteiger partial charge on any atom is -0.484 e. The van der Waals surface area contributed by atoms with Crippen molar-refractivity contribution in [2.24, 2.45) is 9.98 Å². The molecule has 2 heterocycles. The zero-order valence-corrected chi connectivity index (χ0v) is 18.8. The number of aliphatic imine (C=N–C) groups is 2. The monoisotopic (exact) mass is 469 g/mol. The molecule has 10 heteroatoms. The maximum Gasteiger partial charge on any atom is 0.257 e. The summed E-state index contributed by atoms with van der Waals surface area (Å²) < 4.78 is 11.3. The van der Waals surface area contributed by atoms with Crippen LogP contribution in [0.4, 0.5) is 5.69 Å². The molecule has 3 aliphatic rings. The highest BCUT2D eigenvalue weighted by molar-refractivity contribution is 6.32. The molecule has 33 heavy (non-hydrogen) atoms. The molecule has 0 spiro atoms. The summed E-state index contributed by atoms with van der Waals surface area (Å²) in [5.41, 5.74) is 2.74. The van der Waals surface area contributed by atoms with Gasteiger partial charge in [-0.3, -0.25) is 9.59 Å². The Bertz CT molecular complexity index is 1110. The van der Waals surface area contributed by atoms with Crippen LogP contribution in [-0.2, 0) is 14.3 Å². The second-order valence-electron chi connectivity index (χ2n) is 7.50. The van der Waals surface area contributed by atoms with Crippen LogP contribution in [0.2, 0.25) is 0 Å². The fraction of sp³-hybridized carbons (Fsp3) is 0.304. The first-order chi connectivity index (χ1) is 16.0. The Kier molecular flexibility index (Phi) is 7.21. The summed E-state index contributed by atoms with van der Waals surface area (Å²) in [6, 6.07) is 5.39. The van der Waals surface area contributed by atoms with Crippen molar-refractivity contribution in [2.45, 2.75) is 25.4 Å². The Morgan fingerprint density at radius 1 is 1.21 bits per heavy atom. The smallest absolute Gasteiger partial charge is 0.257 e. The molecular formula is C23H24ClN5O4. The van der Waals surface area contributed by atoms with E-state index in [1.165, 1.54) is 0 Å². The van der Waals surface area contributed by atoms with Crippen LogP contribution in [0.25, 0.3) is 0 Å². The summed E-state index contributed by atoms with van der Waals surface area (Å²) >= 11 is 6.51. The third-order valence-corrected chi connectivity index (χ3v) is 5.62. The summed E-state index contributed by atoms with van der Waals surface area (Å²) in [7, 11) is 1.61. The van der Waals surface area contributed by atoms with Gasteiger partial charge in [0.2, 0.25) is 5.91 Å². The second kappa shape index (κ2) is 10.5. The van der Waals surface area contributed by atoms with E-state index in [2.05, 4.69) is 20.9 Å². The number of benzene rings is 1. The topological polar surface area (TPSA) is 113 Å². The summed E-state index contributed by atoms with van der Waals surface area (Å²) in [6.45, 7) is 0.233. The summed E-state index contributed by atoms with van der Waals surface area (Å²) in [5.74, 6) is 0.515. The minimum atomic E-state index is -0.336. The predicted octanol–water partition coefficient (Wildman–Crippen LogP) is 2.60. The van der Waals surface area contributed by atoms with E-state index in [-0.39, 0.29) is 30.9 Å². The fourth-order valence-corrected chi connectivity index (χ4v) is 3.81. The van der Waals surface area contributed by atoms with Crippen LogP contribution in [0, 0.1) is 0 Å². The van der Waals surface area contributed by atoms with E-state index in [0.29, 0.717) is 52.8 Å². The number of carbonyl (C=O) groups excluding carboxylic acids is 2. The van der Waals surface area contributed by atoms with Gasteiger partial charge in [0.15, 0.2) is 12.4 Å². The summed E-state index contributed by atoms with van der Waals surface area (Å²) in [5, 5.41) is 9.08. The molecule has 1 atom stereocenters. The number of nitrogens with one attached hydrogen (secondary N) is 3. The van der Waals surface area contributed by atoms with Crippen LogP contribution in [0.3, 0.4) is 0 Å². The normalized spacial score (nSPS) is 23.9. The fourth-order valence-electron chi connectivity index (χ4n) is 3.56. The molecule has 172 valence electrons. The van der Waals surface area contributed by atoms with Crippen LogP contribution >= 0.6 is 11.6 Å². The van der Waals surface area contributed by atoms with E-state index in [4.69, 9.17) is 26.1 Å². The number of methoxy groups -OCH3 is 1. The first-order valence-corrected chi connectivity index (χ1v) is 10.9. The first kappa shape index (κ1) is 22.8. The van der Waals surface area contributed by atoms with Crippen molar-refractivity contribution >= 4 is 41.3 Å². The number of fused-ring (bicyclic) bond motifs is 1. The van der Waals surface area contributed by atoms with Crippen molar-refractivity contribution in [1.29, 1.82) is 0 Å².